The minimum Gasteiger partial charge on any atom is -0.497 e. The summed E-state index contributed by atoms with van der Waals surface area (Å²) in [7, 11) is 1.62. The Morgan fingerprint density at radius 1 is 1.50 bits per heavy atom. The smallest absolute Gasteiger partial charge is 0.231 e. The number of carbonyl (C=O) groups is 1. The highest BCUT2D eigenvalue weighted by Crippen LogP contribution is 2.45. The zero-order valence-corrected chi connectivity index (χ0v) is 10.4. The minimum absolute atomic E-state index is 0.0479. The third-order valence-corrected chi connectivity index (χ3v) is 3.55. The Bertz CT molecular complexity index is 614. The number of H-pyrrole nitrogens is 1. The zero-order chi connectivity index (χ0) is 12.8. The van der Waals surface area contributed by atoms with Gasteiger partial charge < -0.3 is 10.1 Å². The van der Waals surface area contributed by atoms with Gasteiger partial charge in [-0.1, -0.05) is 6.92 Å². The Kier molecular flexibility index (Phi) is 2.29. The van der Waals surface area contributed by atoms with E-state index in [-0.39, 0.29) is 11.3 Å². The van der Waals surface area contributed by atoms with E-state index in [9.17, 15) is 4.79 Å². The van der Waals surface area contributed by atoms with Crippen molar-refractivity contribution in [3.05, 3.63) is 18.2 Å². The molecule has 1 fully saturated rings. The monoisotopic (exact) mass is 245 g/mol. The quantitative estimate of drug-likeness (QED) is 0.872. The van der Waals surface area contributed by atoms with Gasteiger partial charge in [0.05, 0.1) is 12.6 Å². The number of nitrogens with one attached hydrogen (secondary N) is 2. The van der Waals surface area contributed by atoms with Crippen LogP contribution in [0.15, 0.2) is 18.2 Å². The highest BCUT2D eigenvalue weighted by Gasteiger charge is 2.45. The molecule has 0 aliphatic heterocycles. The maximum Gasteiger partial charge on any atom is 0.231 e. The SMILES string of the molecule is COc1ccc2c(NC(=O)C3(C)CC3)n[nH]c2c1. The molecule has 0 saturated heterocycles. The summed E-state index contributed by atoms with van der Waals surface area (Å²) >= 11 is 0. The average molecular weight is 245 g/mol. The van der Waals surface area contributed by atoms with Gasteiger partial charge in [0, 0.05) is 16.9 Å². The fraction of sp³-hybridized carbons (Fsp3) is 0.385. The van der Waals surface area contributed by atoms with Crippen LogP contribution in [0.1, 0.15) is 19.8 Å². The number of hydrogen-bond donors (Lipinski definition) is 2. The van der Waals surface area contributed by atoms with Crippen LogP contribution in [0.5, 0.6) is 5.75 Å². The van der Waals surface area contributed by atoms with E-state index in [0.717, 1.165) is 29.5 Å². The van der Waals surface area contributed by atoms with Gasteiger partial charge in [-0.25, -0.2) is 0 Å². The maximum absolute atomic E-state index is 12.0. The van der Waals surface area contributed by atoms with Crippen molar-refractivity contribution in [2.75, 3.05) is 12.4 Å². The molecule has 0 unspecified atom stereocenters. The molecule has 5 heteroatoms. The first-order chi connectivity index (χ1) is 8.62. The second-order valence-corrected chi connectivity index (χ2v) is 5.00. The van der Waals surface area contributed by atoms with Crippen LogP contribution in [0, 0.1) is 5.41 Å². The Labute approximate surface area is 105 Å². The second-order valence-electron chi connectivity index (χ2n) is 5.00. The molecule has 1 aliphatic carbocycles. The molecule has 5 nitrogen and oxygen atoms in total. The number of fused-ring (bicyclic) bond motifs is 1. The fourth-order valence-electron chi connectivity index (χ4n) is 1.89. The summed E-state index contributed by atoms with van der Waals surface area (Å²) in [5, 5.41) is 10.8. The molecule has 1 amide bonds. The molecule has 1 aromatic carbocycles. The third-order valence-electron chi connectivity index (χ3n) is 3.55. The lowest BCUT2D eigenvalue weighted by Crippen LogP contribution is -2.21. The Balaban J connectivity index is 1.91. The van der Waals surface area contributed by atoms with Crippen molar-refractivity contribution in [3.63, 3.8) is 0 Å². The van der Waals surface area contributed by atoms with Crippen LogP contribution in [0.25, 0.3) is 10.9 Å². The number of aromatic nitrogens is 2. The molecule has 2 N–H and O–H groups in total. The number of aromatic amines is 1. The van der Waals surface area contributed by atoms with Crippen molar-refractivity contribution in [3.8, 4) is 5.75 Å². The zero-order valence-electron chi connectivity index (χ0n) is 10.4. The van der Waals surface area contributed by atoms with Gasteiger partial charge in [-0.3, -0.25) is 9.89 Å². The van der Waals surface area contributed by atoms with Crippen molar-refractivity contribution >= 4 is 22.6 Å². The molecule has 1 aromatic heterocycles. The summed E-state index contributed by atoms with van der Waals surface area (Å²) in [5.74, 6) is 1.40. The standard InChI is InChI=1S/C13H15N3O2/c1-13(5-6-13)12(17)14-11-9-4-3-8(18-2)7-10(9)15-16-11/h3-4,7H,5-6H2,1-2H3,(H2,14,15,16,17). The highest BCUT2D eigenvalue weighted by atomic mass is 16.5. The molecule has 3 rings (SSSR count). The van der Waals surface area contributed by atoms with Gasteiger partial charge in [-0.2, -0.15) is 5.10 Å². The predicted octanol–water partition coefficient (Wildman–Crippen LogP) is 2.31. The van der Waals surface area contributed by atoms with Gasteiger partial charge in [0.2, 0.25) is 5.91 Å². The van der Waals surface area contributed by atoms with Crippen LogP contribution in [-0.4, -0.2) is 23.2 Å². The van der Waals surface area contributed by atoms with Crippen molar-refractivity contribution in [1.82, 2.24) is 10.2 Å². The number of benzene rings is 1. The number of nitrogens with zero attached hydrogens (tertiary/aromatic N) is 1. The summed E-state index contributed by atoms with van der Waals surface area (Å²) in [4.78, 5) is 12.0. The molecule has 94 valence electrons. The summed E-state index contributed by atoms with van der Waals surface area (Å²) in [6, 6.07) is 5.60. The van der Waals surface area contributed by atoms with E-state index in [1.807, 2.05) is 25.1 Å². The van der Waals surface area contributed by atoms with Gasteiger partial charge in [0.25, 0.3) is 0 Å². The van der Waals surface area contributed by atoms with E-state index in [1.165, 1.54) is 0 Å². The number of carbonyl (C=O) groups excluding carboxylic acids is 1. The van der Waals surface area contributed by atoms with Crippen LogP contribution in [-0.2, 0) is 4.79 Å². The molecule has 2 aromatic rings. The summed E-state index contributed by atoms with van der Waals surface area (Å²) < 4.78 is 5.14. The van der Waals surface area contributed by atoms with E-state index in [2.05, 4.69) is 15.5 Å². The summed E-state index contributed by atoms with van der Waals surface area (Å²) in [5.41, 5.74) is 0.656. The maximum atomic E-state index is 12.0. The average Bonchev–Trinajstić information content (AvgIpc) is 3.01. The number of anilines is 1. The van der Waals surface area contributed by atoms with Gasteiger partial charge >= 0.3 is 0 Å². The van der Waals surface area contributed by atoms with Crippen molar-refractivity contribution in [1.29, 1.82) is 0 Å². The minimum atomic E-state index is -0.197. The fourth-order valence-corrected chi connectivity index (χ4v) is 1.89. The highest BCUT2D eigenvalue weighted by molar-refractivity contribution is 6.02. The third kappa shape index (κ3) is 1.72. The lowest BCUT2D eigenvalue weighted by molar-refractivity contribution is -0.120. The molecular formula is C13H15N3O2. The molecule has 1 heterocycles. The molecule has 0 radical (unpaired) electrons. The first-order valence-electron chi connectivity index (χ1n) is 5.96. The van der Waals surface area contributed by atoms with Crippen LogP contribution in [0.4, 0.5) is 5.82 Å². The Morgan fingerprint density at radius 2 is 2.28 bits per heavy atom. The Morgan fingerprint density at radius 3 is 2.94 bits per heavy atom. The molecule has 1 saturated carbocycles. The first kappa shape index (κ1) is 11.1. The second kappa shape index (κ2) is 3.73. The number of ether oxygens (including phenoxy) is 1. The number of rotatable bonds is 3. The molecule has 0 bridgehead atoms. The van der Waals surface area contributed by atoms with E-state index in [0.29, 0.717) is 5.82 Å². The number of hydrogen-bond acceptors (Lipinski definition) is 3. The molecule has 1 aliphatic rings. The van der Waals surface area contributed by atoms with Gasteiger partial charge in [0.1, 0.15) is 5.75 Å². The van der Waals surface area contributed by atoms with Crippen LogP contribution in [0.2, 0.25) is 0 Å². The van der Waals surface area contributed by atoms with Gasteiger partial charge in [-0.05, 0) is 25.0 Å². The van der Waals surface area contributed by atoms with Crippen molar-refractivity contribution < 1.29 is 9.53 Å². The lowest BCUT2D eigenvalue weighted by atomic mass is 10.1. The Hall–Kier alpha value is -2.04. The molecule has 0 spiro atoms. The van der Waals surface area contributed by atoms with Crippen LogP contribution < -0.4 is 10.1 Å². The molecule has 18 heavy (non-hydrogen) atoms. The van der Waals surface area contributed by atoms with Gasteiger partial charge in [-0.15, -0.1) is 0 Å². The lowest BCUT2D eigenvalue weighted by Gasteiger charge is -2.07. The summed E-state index contributed by atoms with van der Waals surface area (Å²) in [6.45, 7) is 1.97. The normalized spacial score (nSPS) is 16.6. The van der Waals surface area contributed by atoms with Gasteiger partial charge in [0.15, 0.2) is 5.82 Å². The number of amides is 1. The predicted molar refractivity (Wildman–Crippen MR) is 68.6 cm³/mol. The molecular weight excluding hydrogens is 230 g/mol. The van der Waals surface area contributed by atoms with E-state index in [4.69, 9.17) is 4.74 Å². The van der Waals surface area contributed by atoms with E-state index in [1.54, 1.807) is 7.11 Å². The first-order valence-corrected chi connectivity index (χ1v) is 5.96. The van der Waals surface area contributed by atoms with Crippen molar-refractivity contribution in [2.45, 2.75) is 19.8 Å². The largest absolute Gasteiger partial charge is 0.497 e. The summed E-state index contributed by atoms with van der Waals surface area (Å²) in [6.07, 6.45) is 1.91. The number of methoxy groups -OCH3 is 1. The van der Waals surface area contributed by atoms with E-state index >= 15 is 0 Å². The van der Waals surface area contributed by atoms with Crippen molar-refractivity contribution in [2.24, 2.45) is 5.41 Å². The van der Waals surface area contributed by atoms with Crippen LogP contribution in [0.3, 0.4) is 0 Å². The topological polar surface area (TPSA) is 67.0 Å². The van der Waals surface area contributed by atoms with E-state index < -0.39 is 0 Å². The molecule has 0 atom stereocenters. The van der Waals surface area contributed by atoms with Crippen LogP contribution >= 0.6 is 0 Å².